The topological polar surface area (TPSA) is 98.5 Å². The Hall–Kier alpha value is -1.73. The SMILES string of the molecule is CSc1ccc(Cl)c(C(=O)O[C@H](C)C(=O)NC(N)=O)c1. The van der Waals surface area contributed by atoms with Crippen LogP contribution in [-0.2, 0) is 9.53 Å². The van der Waals surface area contributed by atoms with Gasteiger partial charge < -0.3 is 10.5 Å². The largest absolute Gasteiger partial charge is 0.449 e. The van der Waals surface area contributed by atoms with E-state index in [1.165, 1.54) is 18.7 Å². The summed E-state index contributed by atoms with van der Waals surface area (Å²) in [6.45, 7) is 1.32. The van der Waals surface area contributed by atoms with Crippen LogP contribution in [0, 0.1) is 0 Å². The van der Waals surface area contributed by atoms with Crippen molar-refractivity contribution in [1.29, 1.82) is 0 Å². The molecule has 0 aliphatic carbocycles. The van der Waals surface area contributed by atoms with Crippen LogP contribution in [0.25, 0.3) is 0 Å². The second-order valence-electron chi connectivity index (χ2n) is 3.75. The number of carbonyl (C=O) groups excluding carboxylic acids is 3. The number of esters is 1. The van der Waals surface area contributed by atoms with Crippen molar-refractivity contribution >= 4 is 41.3 Å². The maximum Gasteiger partial charge on any atom is 0.340 e. The van der Waals surface area contributed by atoms with Gasteiger partial charge >= 0.3 is 12.0 Å². The summed E-state index contributed by atoms with van der Waals surface area (Å²) in [6.07, 6.45) is 0.686. The second kappa shape index (κ2) is 7.16. The molecule has 1 atom stereocenters. The van der Waals surface area contributed by atoms with Gasteiger partial charge in [-0.2, -0.15) is 0 Å². The quantitative estimate of drug-likeness (QED) is 0.652. The van der Waals surface area contributed by atoms with Crippen molar-refractivity contribution in [3.63, 3.8) is 0 Å². The number of urea groups is 1. The number of benzene rings is 1. The molecule has 1 rings (SSSR count). The van der Waals surface area contributed by atoms with Crippen molar-refractivity contribution < 1.29 is 19.1 Å². The molecule has 0 spiro atoms. The lowest BCUT2D eigenvalue weighted by Crippen LogP contribution is -2.42. The number of nitrogens with two attached hydrogens (primary N) is 1. The Morgan fingerprint density at radius 1 is 1.40 bits per heavy atom. The third kappa shape index (κ3) is 4.43. The standard InChI is InChI=1S/C12H13ClN2O4S/c1-6(10(16)15-12(14)18)19-11(17)8-5-7(20-2)3-4-9(8)13/h3-6H,1-2H3,(H3,14,15,16,18)/t6-/m1/s1. The first kappa shape index (κ1) is 16.3. The highest BCUT2D eigenvalue weighted by molar-refractivity contribution is 7.98. The van der Waals surface area contributed by atoms with Crippen molar-refractivity contribution in [3.05, 3.63) is 28.8 Å². The van der Waals surface area contributed by atoms with E-state index in [0.717, 1.165) is 4.90 Å². The average molecular weight is 317 g/mol. The molecule has 0 heterocycles. The number of imide groups is 1. The van der Waals surface area contributed by atoms with Crippen LogP contribution in [0.2, 0.25) is 5.02 Å². The van der Waals surface area contributed by atoms with Crippen molar-refractivity contribution in [3.8, 4) is 0 Å². The molecule has 0 fully saturated rings. The van der Waals surface area contributed by atoms with Crippen LogP contribution < -0.4 is 11.1 Å². The fourth-order valence-electron chi connectivity index (χ4n) is 1.29. The van der Waals surface area contributed by atoms with Gasteiger partial charge in [0.15, 0.2) is 6.10 Å². The third-order valence-electron chi connectivity index (χ3n) is 2.29. The van der Waals surface area contributed by atoms with E-state index < -0.39 is 24.0 Å². The number of primary amides is 1. The minimum Gasteiger partial charge on any atom is -0.449 e. The number of carbonyl (C=O) groups is 3. The molecule has 20 heavy (non-hydrogen) atoms. The van der Waals surface area contributed by atoms with Crippen LogP contribution in [0.5, 0.6) is 0 Å². The molecule has 3 N–H and O–H groups in total. The summed E-state index contributed by atoms with van der Waals surface area (Å²) in [7, 11) is 0. The van der Waals surface area contributed by atoms with Crippen LogP contribution in [0.15, 0.2) is 23.1 Å². The van der Waals surface area contributed by atoms with Gasteiger partial charge in [-0.3, -0.25) is 10.1 Å². The van der Waals surface area contributed by atoms with E-state index in [2.05, 4.69) is 0 Å². The van der Waals surface area contributed by atoms with E-state index in [-0.39, 0.29) is 10.6 Å². The highest BCUT2D eigenvalue weighted by Gasteiger charge is 2.21. The highest BCUT2D eigenvalue weighted by Crippen LogP contribution is 2.23. The first-order valence-electron chi connectivity index (χ1n) is 5.50. The van der Waals surface area contributed by atoms with Gasteiger partial charge in [-0.05, 0) is 31.4 Å². The number of rotatable bonds is 4. The molecule has 0 bridgehead atoms. The van der Waals surface area contributed by atoms with E-state index in [4.69, 9.17) is 22.1 Å². The highest BCUT2D eigenvalue weighted by atomic mass is 35.5. The summed E-state index contributed by atoms with van der Waals surface area (Å²) >= 11 is 7.35. The predicted octanol–water partition coefficient (Wildman–Crippen LogP) is 1.80. The summed E-state index contributed by atoms with van der Waals surface area (Å²) in [6, 6.07) is 3.87. The first-order valence-corrected chi connectivity index (χ1v) is 7.10. The molecule has 108 valence electrons. The van der Waals surface area contributed by atoms with E-state index in [9.17, 15) is 14.4 Å². The third-order valence-corrected chi connectivity index (χ3v) is 3.35. The minimum atomic E-state index is -1.16. The molecular weight excluding hydrogens is 304 g/mol. The molecule has 0 radical (unpaired) electrons. The summed E-state index contributed by atoms with van der Waals surface area (Å²) in [4.78, 5) is 34.7. The van der Waals surface area contributed by atoms with Gasteiger partial charge in [-0.1, -0.05) is 11.6 Å². The van der Waals surface area contributed by atoms with Gasteiger partial charge in [0.2, 0.25) is 0 Å². The Bertz CT molecular complexity index is 550. The zero-order chi connectivity index (χ0) is 15.3. The maximum absolute atomic E-state index is 11.9. The minimum absolute atomic E-state index is 0.150. The Morgan fingerprint density at radius 2 is 2.05 bits per heavy atom. The molecule has 6 nitrogen and oxygen atoms in total. The van der Waals surface area contributed by atoms with Gasteiger partial charge in [0.25, 0.3) is 5.91 Å². The van der Waals surface area contributed by atoms with Crippen LogP contribution in [0.3, 0.4) is 0 Å². The normalized spacial score (nSPS) is 11.6. The molecular formula is C12H13ClN2O4S. The van der Waals surface area contributed by atoms with Gasteiger partial charge in [-0.15, -0.1) is 11.8 Å². The van der Waals surface area contributed by atoms with Crippen molar-refractivity contribution in [1.82, 2.24) is 5.32 Å². The number of hydrogen-bond donors (Lipinski definition) is 2. The van der Waals surface area contributed by atoms with Crippen LogP contribution in [0.4, 0.5) is 4.79 Å². The summed E-state index contributed by atoms with van der Waals surface area (Å²) in [5.41, 5.74) is 4.95. The lowest BCUT2D eigenvalue weighted by molar-refractivity contribution is -0.127. The maximum atomic E-state index is 11.9. The van der Waals surface area contributed by atoms with Gasteiger partial charge in [0.1, 0.15) is 0 Å². The zero-order valence-electron chi connectivity index (χ0n) is 10.8. The Morgan fingerprint density at radius 3 is 2.60 bits per heavy atom. The summed E-state index contributed by atoms with van der Waals surface area (Å²) in [5, 5.41) is 2.04. The van der Waals surface area contributed by atoms with E-state index in [1.54, 1.807) is 18.2 Å². The molecule has 8 heteroatoms. The number of thioether (sulfide) groups is 1. The van der Waals surface area contributed by atoms with Crippen LogP contribution in [-0.4, -0.2) is 30.3 Å². The number of hydrogen-bond acceptors (Lipinski definition) is 5. The van der Waals surface area contributed by atoms with Crippen LogP contribution >= 0.6 is 23.4 Å². The van der Waals surface area contributed by atoms with E-state index in [0.29, 0.717) is 0 Å². The van der Waals surface area contributed by atoms with Gasteiger partial charge in [-0.25, -0.2) is 9.59 Å². The predicted molar refractivity (Wildman–Crippen MR) is 75.8 cm³/mol. The number of ether oxygens (including phenoxy) is 1. The summed E-state index contributed by atoms with van der Waals surface area (Å²) < 4.78 is 4.93. The lowest BCUT2D eigenvalue weighted by atomic mass is 10.2. The smallest absolute Gasteiger partial charge is 0.340 e. The van der Waals surface area contributed by atoms with Gasteiger partial charge in [0, 0.05) is 4.90 Å². The Labute approximate surface area is 125 Å². The number of nitrogens with one attached hydrogen (secondary N) is 1. The van der Waals surface area contributed by atoms with Gasteiger partial charge in [0.05, 0.1) is 10.6 Å². The Kier molecular flexibility index (Phi) is 5.84. The first-order chi connectivity index (χ1) is 9.35. The van der Waals surface area contributed by atoms with E-state index >= 15 is 0 Å². The molecule has 3 amide bonds. The molecule has 1 aromatic carbocycles. The summed E-state index contributed by atoms with van der Waals surface area (Å²) in [5.74, 6) is -1.55. The lowest BCUT2D eigenvalue weighted by Gasteiger charge is -2.13. The molecule has 0 saturated carbocycles. The molecule has 0 unspecified atom stereocenters. The number of halogens is 1. The van der Waals surface area contributed by atoms with E-state index in [1.807, 2.05) is 11.6 Å². The fraction of sp³-hybridized carbons (Fsp3) is 0.250. The monoisotopic (exact) mass is 316 g/mol. The fourth-order valence-corrected chi connectivity index (χ4v) is 1.92. The Balaban J connectivity index is 2.80. The molecule has 1 aromatic rings. The molecule has 0 saturated heterocycles. The number of amides is 3. The second-order valence-corrected chi connectivity index (χ2v) is 5.03. The molecule has 0 aromatic heterocycles. The van der Waals surface area contributed by atoms with Crippen molar-refractivity contribution in [2.75, 3.05) is 6.26 Å². The molecule has 0 aliphatic heterocycles. The average Bonchev–Trinajstić information content (AvgIpc) is 2.38. The molecule has 0 aliphatic rings. The van der Waals surface area contributed by atoms with Crippen molar-refractivity contribution in [2.24, 2.45) is 5.73 Å². The van der Waals surface area contributed by atoms with Crippen LogP contribution in [0.1, 0.15) is 17.3 Å². The zero-order valence-corrected chi connectivity index (χ0v) is 12.4. The van der Waals surface area contributed by atoms with Crippen molar-refractivity contribution in [2.45, 2.75) is 17.9 Å².